The van der Waals surface area contributed by atoms with Crippen LogP contribution in [0, 0.1) is 6.92 Å². The van der Waals surface area contributed by atoms with Crippen LogP contribution in [0.15, 0.2) is 54.6 Å². The van der Waals surface area contributed by atoms with Crippen molar-refractivity contribution in [3.63, 3.8) is 0 Å². The average molecular weight is 269 g/mol. The molecule has 2 aromatic carbocycles. The van der Waals surface area contributed by atoms with Crippen molar-refractivity contribution >= 4 is 0 Å². The molecule has 0 radical (unpaired) electrons. The number of nitrogens with one attached hydrogen (secondary N) is 1. The minimum absolute atomic E-state index is 0.00310. The molecule has 0 bridgehead atoms. The third-order valence-electron chi connectivity index (χ3n) is 3.53. The van der Waals surface area contributed by atoms with Crippen molar-refractivity contribution in [2.24, 2.45) is 0 Å². The summed E-state index contributed by atoms with van der Waals surface area (Å²) in [4.78, 5) is 0. The molecular formula is C18H23NO. The van der Waals surface area contributed by atoms with Crippen LogP contribution in [0.1, 0.15) is 29.7 Å². The highest BCUT2D eigenvalue weighted by Gasteiger charge is 2.13. The van der Waals surface area contributed by atoms with Crippen LogP contribution in [0.2, 0.25) is 0 Å². The van der Waals surface area contributed by atoms with Crippen molar-refractivity contribution < 1.29 is 5.11 Å². The lowest BCUT2D eigenvalue weighted by molar-refractivity contribution is 0.235. The molecule has 0 aromatic heterocycles. The van der Waals surface area contributed by atoms with Gasteiger partial charge in [0.15, 0.2) is 0 Å². The van der Waals surface area contributed by atoms with Crippen LogP contribution in [-0.4, -0.2) is 17.8 Å². The summed E-state index contributed by atoms with van der Waals surface area (Å²) in [5, 5.41) is 13.1. The first kappa shape index (κ1) is 14.8. The first-order chi connectivity index (χ1) is 9.69. The molecule has 1 unspecified atom stereocenters. The van der Waals surface area contributed by atoms with Crippen molar-refractivity contribution in [3.8, 4) is 0 Å². The van der Waals surface area contributed by atoms with Gasteiger partial charge in [0.25, 0.3) is 0 Å². The van der Waals surface area contributed by atoms with Crippen LogP contribution in [0.5, 0.6) is 0 Å². The van der Waals surface area contributed by atoms with Gasteiger partial charge in [-0.1, -0.05) is 60.2 Å². The second-order valence-corrected chi connectivity index (χ2v) is 5.40. The fourth-order valence-electron chi connectivity index (χ4n) is 2.42. The predicted molar refractivity (Wildman–Crippen MR) is 83.7 cm³/mol. The molecule has 0 spiro atoms. The van der Waals surface area contributed by atoms with Gasteiger partial charge in [0, 0.05) is 6.04 Å². The SMILES string of the molecule is Cc1ccc(CC(C)N[C@@H](CO)c2ccccc2)cc1. The van der Waals surface area contributed by atoms with E-state index >= 15 is 0 Å². The van der Waals surface area contributed by atoms with E-state index in [1.807, 2.05) is 30.3 Å². The third kappa shape index (κ3) is 4.19. The largest absolute Gasteiger partial charge is 0.394 e. The second kappa shape index (κ2) is 7.22. The summed E-state index contributed by atoms with van der Waals surface area (Å²) in [5.41, 5.74) is 3.73. The molecule has 2 atom stereocenters. The Labute approximate surface area is 121 Å². The normalized spacial score (nSPS) is 13.9. The van der Waals surface area contributed by atoms with Gasteiger partial charge in [0.2, 0.25) is 0 Å². The van der Waals surface area contributed by atoms with E-state index in [9.17, 15) is 5.11 Å². The zero-order chi connectivity index (χ0) is 14.4. The van der Waals surface area contributed by atoms with Crippen LogP contribution in [-0.2, 0) is 6.42 Å². The average Bonchev–Trinajstić information content (AvgIpc) is 2.48. The highest BCUT2D eigenvalue weighted by molar-refractivity contribution is 5.23. The molecule has 2 N–H and O–H groups in total. The lowest BCUT2D eigenvalue weighted by Gasteiger charge is -2.22. The highest BCUT2D eigenvalue weighted by Crippen LogP contribution is 2.14. The van der Waals surface area contributed by atoms with E-state index < -0.39 is 0 Å². The molecule has 0 saturated carbocycles. The van der Waals surface area contributed by atoms with Crippen LogP contribution in [0.4, 0.5) is 0 Å². The first-order valence-corrected chi connectivity index (χ1v) is 7.16. The smallest absolute Gasteiger partial charge is 0.0626 e. The molecule has 0 aliphatic heterocycles. The molecule has 0 aliphatic carbocycles. The number of aliphatic hydroxyl groups is 1. The summed E-state index contributed by atoms with van der Waals surface area (Å²) in [6.45, 7) is 4.37. The molecule has 20 heavy (non-hydrogen) atoms. The molecule has 0 aliphatic rings. The molecule has 0 saturated heterocycles. The van der Waals surface area contributed by atoms with Crippen molar-refractivity contribution in [1.82, 2.24) is 5.32 Å². The molecule has 0 heterocycles. The van der Waals surface area contributed by atoms with E-state index in [1.54, 1.807) is 0 Å². The number of hydrogen-bond acceptors (Lipinski definition) is 2. The van der Waals surface area contributed by atoms with Gasteiger partial charge in [0.1, 0.15) is 0 Å². The molecule has 106 valence electrons. The van der Waals surface area contributed by atoms with E-state index in [0.717, 1.165) is 12.0 Å². The Balaban J connectivity index is 1.95. The first-order valence-electron chi connectivity index (χ1n) is 7.16. The Morgan fingerprint density at radius 3 is 2.25 bits per heavy atom. The van der Waals surface area contributed by atoms with Gasteiger partial charge in [-0.2, -0.15) is 0 Å². The quantitative estimate of drug-likeness (QED) is 0.843. The summed E-state index contributed by atoms with van der Waals surface area (Å²) in [7, 11) is 0. The lowest BCUT2D eigenvalue weighted by Crippen LogP contribution is -2.34. The monoisotopic (exact) mass is 269 g/mol. The minimum Gasteiger partial charge on any atom is -0.394 e. The predicted octanol–water partition coefficient (Wildman–Crippen LogP) is 3.25. The van der Waals surface area contributed by atoms with E-state index in [2.05, 4.69) is 43.4 Å². The van der Waals surface area contributed by atoms with E-state index in [1.165, 1.54) is 11.1 Å². The van der Waals surface area contributed by atoms with Gasteiger partial charge in [-0.25, -0.2) is 0 Å². The van der Waals surface area contributed by atoms with Crippen LogP contribution < -0.4 is 5.32 Å². The Morgan fingerprint density at radius 2 is 1.65 bits per heavy atom. The van der Waals surface area contributed by atoms with Crippen LogP contribution in [0.25, 0.3) is 0 Å². The van der Waals surface area contributed by atoms with Gasteiger partial charge >= 0.3 is 0 Å². The molecule has 2 aromatic rings. The standard InChI is InChI=1S/C18H23NO/c1-14-8-10-16(11-9-14)12-15(2)19-18(13-20)17-6-4-3-5-7-17/h3-11,15,18-20H,12-13H2,1-2H3/t15?,18-/m0/s1. The summed E-state index contributed by atoms with van der Waals surface area (Å²) in [5.74, 6) is 0. The van der Waals surface area contributed by atoms with Gasteiger partial charge in [-0.3, -0.25) is 0 Å². The van der Waals surface area contributed by atoms with Crippen LogP contribution >= 0.6 is 0 Å². The van der Waals surface area contributed by atoms with Gasteiger partial charge < -0.3 is 10.4 Å². The fraction of sp³-hybridized carbons (Fsp3) is 0.333. The Bertz CT molecular complexity index is 507. The van der Waals surface area contributed by atoms with Crippen molar-refractivity contribution in [1.29, 1.82) is 0 Å². The summed E-state index contributed by atoms with van der Waals surface area (Å²) in [6, 6.07) is 19.0. The topological polar surface area (TPSA) is 32.3 Å². The fourth-order valence-corrected chi connectivity index (χ4v) is 2.42. The van der Waals surface area contributed by atoms with Crippen molar-refractivity contribution in [2.75, 3.05) is 6.61 Å². The van der Waals surface area contributed by atoms with Crippen molar-refractivity contribution in [2.45, 2.75) is 32.4 Å². The third-order valence-corrected chi connectivity index (χ3v) is 3.53. The number of rotatable bonds is 6. The van der Waals surface area contributed by atoms with Gasteiger partial charge in [0.05, 0.1) is 12.6 Å². The maximum absolute atomic E-state index is 9.57. The molecule has 2 nitrogen and oxygen atoms in total. The Kier molecular flexibility index (Phi) is 5.33. The zero-order valence-corrected chi connectivity index (χ0v) is 12.2. The van der Waals surface area contributed by atoms with Gasteiger partial charge in [-0.05, 0) is 31.4 Å². The number of benzene rings is 2. The lowest BCUT2D eigenvalue weighted by atomic mass is 10.0. The number of aryl methyl sites for hydroxylation is 1. The highest BCUT2D eigenvalue weighted by atomic mass is 16.3. The maximum Gasteiger partial charge on any atom is 0.0626 e. The maximum atomic E-state index is 9.57. The van der Waals surface area contributed by atoms with E-state index in [-0.39, 0.29) is 12.6 Å². The van der Waals surface area contributed by atoms with Crippen LogP contribution in [0.3, 0.4) is 0 Å². The number of hydrogen-bond donors (Lipinski definition) is 2. The molecule has 0 amide bonds. The summed E-state index contributed by atoms with van der Waals surface area (Å²) >= 11 is 0. The van der Waals surface area contributed by atoms with E-state index in [0.29, 0.717) is 6.04 Å². The summed E-state index contributed by atoms with van der Waals surface area (Å²) in [6.07, 6.45) is 0.962. The minimum atomic E-state index is -0.00310. The molecular weight excluding hydrogens is 246 g/mol. The molecule has 2 heteroatoms. The summed E-state index contributed by atoms with van der Waals surface area (Å²) < 4.78 is 0. The Hall–Kier alpha value is -1.64. The van der Waals surface area contributed by atoms with E-state index in [4.69, 9.17) is 0 Å². The number of aliphatic hydroxyl groups excluding tert-OH is 1. The van der Waals surface area contributed by atoms with Crippen molar-refractivity contribution in [3.05, 3.63) is 71.3 Å². The Morgan fingerprint density at radius 1 is 1.00 bits per heavy atom. The zero-order valence-electron chi connectivity index (χ0n) is 12.2. The van der Waals surface area contributed by atoms with Gasteiger partial charge in [-0.15, -0.1) is 0 Å². The molecule has 0 fully saturated rings. The second-order valence-electron chi connectivity index (χ2n) is 5.40. The molecule has 2 rings (SSSR count).